The fourth-order valence-corrected chi connectivity index (χ4v) is 5.03. The van der Waals surface area contributed by atoms with Gasteiger partial charge in [0.25, 0.3) is 11.8 Å². The van der Waals surface area contributed by atoms with E-state index in [1.54, 1.807) is 66.4 Å². The number of carbonyl (C=O) groups excluding carboxylic acids is 4. The van der Waals surface area contributed by atoms with E-state index in [2.05, 4.69) is 0 Å². The number of ketones is 1. The zero-order chi connectivity index (χ0) is 28.9. The van der Waals surface area contributed by atoms with E-state index < -0.39 is 0 Å². The SMILES string of the molecule is CCOC(=O)C1CCCN(C(=O)c2ccc(CN3C(=O)COc4ccc(C(=O)COc5ccccc5Cl)cc43)o2)C1. The quantitative estimate of drug-likeness (QED) is 0.268. The lowest BCUT2D eigenvalue weighted by molar-refractivity contribution is -0.149. The predicted octanol–water partition coefficient (Wildman–Crippen LogP) is 4.54. The number of hydrogen-bond acceptors (Lipinski definition) is 8. The van der Waals surface area contributed by atoms with Gasteiger partial charge in [0.2, 0.25) is 0 Å². The number of carbonyl (C=O) groups is 4. The van der Waals surface area contributed by atoms with Crippen molar-refractivity contribution in [3.63, 3.8) is 0 Å². The van der Waals surface area contributed by atoms with Gasteiger partial charge >= 0.3 is 5.97 Å². The Bertz CT molecular complexity index is 1470. The molecule has 0 bridgehead atoms. The van der Waals surface area contributed by atoms with Crippen molar-refractivity contribution in [3.8, 4) is 11.5 Å². The second-order valence-electron chi connectivity index (χ2n) is 9.70. The number of rotatable bonds is 9. The van der Waals surface area contributed by atoms with Crippen LogP contribution in [0, 0.1) is 5.92 Å². The summed E-state index contributed by atoms with van der Waals surface area (Å²) in [4.78, 5) is 54.1. The number of hydrogen-bond donors (Lipinski definition) is 0. The number of ether oxygens (including phenoxy) is 3. The monoisotopic (exact) mass is 580 g/mol. The first-order chi connectivity index (χ1) is 19.8. The smallest absolute Gasteiger partial charge is 0.310 e. The average molecular weight is 581 g/mol. The zero-order valence-electron chi connectivity index (χ0n) is 22.5. The number of halogens is 1. The molecule has 0 spiro atoms. The topological polar surface area (TPSA) is 116 Å². The molecule has 41 heavy (non-hydrogen) atoms. The molecular formula is C30H29ClN2O8. The third kappa shape index (κ3) is 6.38. The van der Waals surface area contributed by atoms with E-state index in [0.717, 1.165) is 0 Å². The zero-order valence-corrected chi connectivity index (χ0v) is 23.2. The summed E-state index contributed by atoms with van der Waals surface area (Å²) in [5.41, 5.74) is 0.734. The highest BCUT2D eigenvalue weighted by Crippen LogP contribution is 2.35. The lowest BCUT2D eigenvalue weighted by atomic mass is 9.98. The average Bonchev–Trinajstić information content (AvgIpc) is 3.46. The van der Waals surface area contributed by atoms with E-state index in [4.69, 9.17) is 30.2 Å². The van der Waals surface area contributed by atoms with Crippen LogP contribution in [-0.2, 0) is 20.9 Å². The second kappa shape index (κ2) is 12.5. The van der Waals surface area contributed by atoms with Crippen LogP contribution < -0.4 is 14.4 Å². The molecule has 1 fully saturated rings. The van der Waals surface area contributed by atoms with E-state index in [0.29, 0.717) is 59.5 Å². The number of benzene rings is 2. The third-order valence-corrected chi connectivity index (χ3v) is 7.25. The van der Waals surface area contributed by atoms with Crippen LogP contribution in [0.3, 0.4) is 0 Å². The Balaban J connectivity index is 1.28. The van der Waals surface area contributed by atoms with Crippen LogP contribution in [-0.4, -0.2) is 61.4 Å². The number of amides is 2. The molecule has 5 rings (SSSR count). The standard InChI is InChI=1S/C30H29ClN2O8/c1-2-38-30(37)20-6-5-13-32(15-20)29(36)27-12-10-21(41-27)16-33-23-14-19(9-11-26(23)40-18-28(33)35)24(34)17-39-25-8-4-3-7-22(25)31/h3-4,7-12,14,20H,2,5-6,13,15-18H2,1H3. The van der Waals surface area contributed by atoms with Gasteiger partial charge in [-0.3, -0.25) is 24.1 Å². The van der Waals surface area contributed by atoms with Crippen molar-refractivity contribution in [2.45, 2.75) is 26.3 Å². The van der Waals surface area contributed by atoms with Gasteiger partial charge in [-0.15, -0.1) is 0 Å². The number of likely N-dealkylation sites (tertiary alicyclic amines) is 1. The number of piperidine rings is 1. The molecule has 1 saturated heterocycles. The van der Waals surface area contributed by atoms with E-state index in [9.17, 15) is 19.2 Å². The molecule has 2 aromatic carbocycles. The summed E-state index contributed by atoms with van der Waals surface area (Å²) in [6.07, 6.45) is 1.35. The molecule has 3 aromatic rings. The van der Waals surface area contributed by atoms with Gasteiger partial charge in [-0.05, 0) is 62.2 Å². The number of fused-ring (bicyclic) bond motifs is 1. The Labute approximate surface area is 241 Å². The Kier molecular flexibility index (Phi) is 8.58. The number of nitrogens with zero attached hydrogens (tertiary/aromatic N) is 2. The van der Waals surface area contributed by atoms with Crippen molar-refractivity contribution in [2.24, 2.45) is 5.92 Å². The molecule has 0 radical (unpaired) electrons. The van der Waals surface area contributed by atoms with Crippen molar-refractivity contribution >= 4 is 40.9 Å². The minimum absolute atomic E-state index is 0.0295. The molecule has 2 amide bonds. The van der Waals surface area contributed by atoms with Gasteiger partial charge in [-0.2, -0.15) is 0 Å². The molecule has 0 saturated carbocycles. The fourth-order valence-electron chi connectivity index (χ4n) is 4.84. The summed E-state index contributed by atoms with van der Waals surface area (Å²) in [6.45, 7) is 2.43. The van der Waals surface area contributed by atoms with Gasteiger partial charge in [-0.1, -0.05) is 23.7 Å². The lowest BCUT2D eigenvalue weighted by Crippen LogP contribution is -2.42. The first-order valence-corrected chi connectivity index (χ1v) is 13.7. The maximum Gasteiger partial charge on any atom is 0.310 e. The number of para-hydroxylation sites is 1. The van der Waals surface area contributed by atoms with Crippen LogP contribution >= 0.6 is 11.6 Å². The summed E-state index contributed by atoms with van der Waals surface area (Å²) in [5.74, 6) is -0.298. The van der Waals surface area contributed by atoms with Crippen molar-refractivity contribution in [1.29, 1.82) is 0 Å². The molecule has 0 aliphatic carbocycles. The van der Waals surface area contributed by atoms with Gasteiger partial charge < -0.3 is 23.5 Å². The van der Waals surface area contributed by atoms with Gasteiger partial charge in [0.15, 0.2) is 24.8 Å². The number of esters is 1. The molecule has 2 aliphatic rings. The summed E-state index contributed by atoms with van der Waals surface area (Å²) in [7, 11) is 0. The second-order valence-corrected chi connectivity index (χ2v) is 10.1. The molecule has 10 nitrogen and oxygen atoms in total. The van der Waals surface area contributed by atoms with Gasteiger partial charge in [0.05, 0.1) is 29.8 Å². The van der Waals surface area contributed by atoms with Crippen LogP contribution in [0.1, 0.15) is 46.4 Å². The molecule has 3 heterocycles. The van der Waals surface area contributed by atoms with Crippen molar-refractivity contribution in [2.75, 3.05) is 37.8 Å². The highest BCUT2D eigenvalue weighted by atomic mass is 35.5. The number of Topliss-reactive ketones (excluding diaryl/α,β-unsaturated/α-hetero) is 1. The minimum Gasteiger partial charge on any atom is -0.484 e. The van der Waals surface area contributed by atoms with E-state index >= 15 is 0 Å². The lowest BCUT2D eigenvalue weighted by Gasteiger charge is -2.31. The number of anilines is 1. The fraction of sp³-hybridized carbons (Fsp3) is 0.333. The van der Waals surface area contributed by atoms with Gasteiger partial charge in [0, 0.05) is 18.7 Å². The minimum atomic E-state index is -0.364. The van der Waals surface area contributed by atoms with E-state index in [1.165, 1.54) is 4.90 Å². The summed E-state index contributed by atoms with van der Waals surface area (Å²) < 4.78 is 22.1. The van der Waals surface area contributed by atoms with Crippen molar-refractivity contribution in [3.05, 3.63) is 76.7 Å². The molecule has 1 unspecified atom stereocenters. The maximum atomic E-state index is 13.1. The van der Waals surface area contributed by atoms with Crippen LogP contribution in [0.5, 0.6) is 11.5 Å². The first-order valence-electron chi connectivity index (χ1n) is 13.4. The largest absolute Gasteiger partial charge is 0.484 e. The highest BCUT2D eigenvalue weighted by molar-refractivity contribution is 6.32. The van der Waals surface area contributed by atoms with Crippen molar-refractivity contribution < 1.29 is 37.8 Å². The Morgan fingerprint density at radius 1 is 1.10 bits per heavy atom. The number of furan rings is 1. The summed E-state index contributed by atoms with van der Waals surface area (Å²) in [5, 5.41) is 0.395. The maximum absolute atomic E-state index is 13.1. The molecule has 11 heteroatoms. The van der Waals surface area contributed by atoms with Crippen LogP contribution in [0.4, 0.5) is 5.69 Å². The van der Waals surface area contributed by atoms with Crippen LogP contribution in [0.15, 0.2) is 59.0 Å². The molecule has 0 N–H and O–H groups in total. The highest BCUT2D eigenvalue weighted by Gasteiger charge is 2.32. The normalized spacial score (nSPS) is 16.5. The molecule has 214 valence electrons. The van der Waals surface area contributed by atoms with Gasteiger partial charge in [0.1, 0.15) is 17.3 Å². The predicted molar refractivity (Wildman–Crippen MR) is 148 cm³/mol. The Morgan fingerprint density at radius 3 is 2.73 bits per heavy atom. The van der Waals surface area contributed by atoms with Crippen LogP contribution in [0.25, 0.3) is 0 Å². The Hall–Kier alpha value is -4.31. The van der Waals surface area contributed by atoms with E-state index in [1.807, 2.05) is 0 Å². The van der Waals surface area contributed by atoms with Crippen molar-refractivity contribution in [1.82, 2.24) is 4.90 Å². The van der Waals surface area contributed by atoms with Crippen LogP contribution in [0.2, 0.25) is 5.02 Å². The molecule has 2 aliphatic heterocycles. The molecular weight excluding hydrogens is 552 g/mol. The summed E-state index contributed by atoms with van der Waals surface area (Å²) >= 11 is 6.11. The Morgan fingerprint density at radius 2 is 1.93 bits per heavy atom. The summed E-state index contributed by atoms with van der Waals surface area (Å²) in [6, 6.07) is 14.9. The van der Waals surface area contributed by atoms with E-state index in [-0.39, 0.29) is 61.5 Å². The first kappa shape index (κ1) is 28.2. The molecule has 1 aromatic heterocycles. The third-order valence-electron chi connectivity index (χ3n) is 6.93. The molecule has 1 atom stereocenters. The van der Waals surface area contributed by atoms with Gasteiger partial charge in [-0.25, -0.2) is 0 Å².